The maximum atomic E-state index is 14.3. The monoisotopic (exact) mass is 595 g/mol. The highest BCUT2D eigenvalue weighted by atomic mass is 16.6. The minimum Gasteiger partial charge on any atom is -0.458 e. The van der Waals surface area contributed by atoms with Crippen LogP contribution in [0.25, 0.3) is 0 Å². The molecule has 9 nitrogen and oxygen atoms in total. The van der Waals surface area contributed by atoms with Crippen LogP contribution in [0.4, 0.5) is 4.79 Å². The molecule has 236 valence electrons. The molecule has 9 heteroatoms. The second-order valence-corrected chi connectivity index (χ2v) is 14.7. The van der Waals surface area contributed by atoms with Crippen LogP contribution in [0.3, 0.4) is 0 Å². The van der Waals surface area contributed by atoms with E-state index in [0.29, 0.717) is 6.42 Å². The van der Waals surface area contributed by atoms with Gasteiger partial charge < -0.3 is 25.0 Å². The van der Waals surface area contributed by atoms with E-state index in [1.807, 2.05) is 51.1 Å². The van der Waals surface area contributed by atoms with Gasteiger partial charge in [-0.1, -0.05) is 69.9 Å². The van der Waals surface area contributed by atoms with Crippen LogP contribution in [0, 0.1) is 23.2 Å². The smallest absolute Gasteiger partial charge is 0.408 e. The number of carbonyl (C=O) groups is 4. The Labute approximate surface area is 255 Å². The number of nitrogens with one attached hydrogen (secondary N) is 2. The number of esters is 1. The Balaban J connectivity index is 1.36. The fourth-order valence-electron chi connectivity index (χ4n) is 8.17. The van der Waals surface area contributed by atoms with E-state index in [9.17, 15) is 19.2 Å². The van der Waals surface area contributed by atoms with Gasteiger partial charge >= 0.3 is 12.1 Å². The average Bonchev–Trinajstić information content (AvgIpc) is 3.37. The van der Waals surface area contributed by atoms with Gasteiger partial charge in [0.2, 0.25) is 11.8 Å². The summed E-state index contributed by atoms with van der Waals surface area (Å²) in [6, 6.07) is 7.08. The summed E-state index contributed by atoms with van der Waals surface area (Å²) in [6.07, 6.45) is 7.59. The largest absolute Gasteiger partial charge is 0.458 e. The van der Waals surface area contributed by atoms with E-state index in [4.69, 9.17) is 9.47 Å². The van der Waals surface area contributed by atoms with Crippen molar-refractivity contribution in [1.29, 1.82) is 0 Å². The van der Waals surface area contributed by atoms with Gasteiger partial charge in [0, 0.05) is 6.04 Å². The van der Waals surface area contributed by atoms with Crippen LogP contribution in [-0.4, -0.2) is 58.5 Å². The van der Waals surface area contributed by atoms with Crippen molar-refractivity contribution in [1.82, 2.24) is 15.5 Å². The SMILES string of the molecule is CC(C)(C)OC(=O)[C@@H]1C[C@@H]2CCCC3[C@@H]2N1C(=O)[C@@H](NC(=O)[C@@H](NC(=O)OCc1ccccc1)C1CCCCC1)C3(C)C. The highest BCUT2D eigenvalue weighted by Gasteiger charge is 2.62. The number of ether oxygens (including phenoxy) is 2. The van der Waals surface area contributed by atoms with Crippen LogP contribution in [-0.2, 0) is 30.5 Å². The molecular weight excluding hydrogens is 546 g/mol. The molecule has 2 heterocycles. The minimum atomic E-state index is -0.823. The maximum absolute atomic E-state index is 14.3. The zero-order valence-corrected chi connectivity index (χ0v) is 26.4. The molecule has 5 rings (SSSR count). The molecule has 0 bridgehead atoms. The van der Waals surface area contributed by atoms with Gasteiger partial charge in [-0.15, -0.1) is 0 Å². The number of benzene rings is 1. The molecule has 0 radical (unpaired) electrons. The summed E-state index contributed by atoms with van der Waals surface area (Å²) in [5.74, 6) is -0.636. The van der Waals surface area contributed by atoms with Crippen LogP contribution in [0.5, 0.6) is 0 Å². The van der Waals surface area contributed by atoms with E-state index < -0.39 is 35.2 Å². The van der Waals surface area contributed by atoms with Crippen molar-refractivity contribution in [3.05, 3.63) is 35.9 Å². The lowest BCUT2D eigenvalue weighted by atomic mass is 9.60. The third-order valence-corrected chi connectivity index (χ3v) is 10.2. The Morgan fingerprint density at radius 2 is 1.70 bits per heavy atom. The summed E-state index contributed by atoms with van der Waals surface area (Å²) in [5, 5.41) is 5.97. The lowest BCUT2D eigenvalue weighted by molar-refractivity contribution is -0.171. The molecule has 1 aromatic carbocycles. The van der Waals surface area contributed by atoms with E-state index >= 15 is 0 Å². The van der Waals surface area contributed by atoms with Crippen LogP contribution in [0.1, 0.15) is 98.0 Å². The number of hydrogen-bond donors (Lipinski definition) is 2. The molecule has 0 spiro atoms. The summed E-state index contributed by atoms with van der Waals surface area (Å²) in [7, 11) is 0. The first-order valence-electron chi connectivity index (χ1n) is 16.2. The zero-order chi connectivity index (χ0) is 30.9. The van der Waals surface area contributed by atoms with Crippen LogP contribution in [0.2, 0.25) is 0 Å². The predicted octanol–water partition coefficient (Wildman–Crippen LogP) is 5.11. The molecule has 43 heavy (non-hydrogen) atoms. The first kappa shape index (κ1) is 31.3. The van der Waals surface area contributed by atoms with Crippen molar-refractivity contribution in [3.63, 3.8) is 0 Å². The topological polar surface area (TPSA) is 114 Å². The Hall–Kier alpha value is -3.10. The van der Waals surface area contributed by atoms with E-state index in [2.05, 4.69) is 24.5 Å². The van der Waals surface area contributed by atoms with Gasteiger partial charge in [-0.05, 0) is 81.6 Å². The highest BCUT2D eigenvalue weighted by Crippen LogP contribution is 2.54. The number of carbonyl (C=O) groups excluding carboxylic acids is 4. The van der Waals surface area contributed by atoms with Gasteiger partial charge in [0.05, 0.1) is 0 Å². The van der Waals surface area contributed by atoms with Gasteiger partial charge in [-0.25, -0.2) is 9.59 Å². The molecule has 1 unspecified atom stereocenters. The molecule has 2 saturated heterocycles. The van der Waals surface area contributed by atoms with Crippen molar-refractivity contribution < 1.29 is 28.7 Å². The Kier molecular flexibility index (Phi) is 9.10. The fourth-order valence-corrected chi connectivity index (χ4v) is 8.17. The Morgan fingerprint density at radius 3 is 2.37 bits per heavy atom. The summed E-state index contributed by atoms with van der Waals surface area (Å²) < 4.78 is 11.3. The van der Waals surface area contributed by atoms with Crippen LogP contribution in [0.15, 0.2) is 30.3 Å². The number of piperidine rings is 1. The Morgan fingerprint density at radius 1 is 1.00 bits per heavy atom. The normalized spacial score (nSPS) is 29.3. The number of nitrogens with zero attached hydrogens (tertiary/aromatic N) is 1. The molecule has 2 N–H and O–H groups in total. The van der Waals surface area contributed by atoms with Gasteiger partial charge in [0.15, 0.2) is 0 Å². The minimum absolute atomic E-state index is 0.0397. The molecule has 2 aliphatic carbocycles. The molecular formula is C34H49N3O6. The summed E-state index contributed by atoms with van der Waals surface area (Å²) in [4.78, 5) is 56.5. The molecule has 2 saturated carbocycles. The fraction of sp³-hybridized carbons (Fsp3) is 0.706. The van der Waals surface area contributed by atoms with Gasteiger partial charge in [0.1, 0.15) is 30.3 Å². The van der Waals surface area contributed by atoms with Gasteiger partial charge in [-0.2, -0.15) is 0 Å². The first-order valence-corrected chi connectivity index (χ1v) is 16.2. The Bertz CT molecular complexity index is 1190. The lowest BCUT2D eigenvalue weighted by Crippen LogP contribution is -2.70. The average molecular weight is 596 g/mol. The molecule has 3 amide bonds. The van der Waals surface area contributed by atoms with E-state index in [1.54, 1.807) is 4.90 Å². The van der Waals surface area contributed by atoms with Crippen molar-refractivity contribution in [3.8, 4) is 0 Å². The maximum Gasteiger partial charge on any atom is 0.408 e. The van der Waals surface area contributed by atoms with Crippen LogP contribution < -0.4 is 10.6 Å². The predicted molar refractivity (Wildman–Crippen MR) is 162 cm³/mol. The lowest BCUT2D eigenvalue weighted by Gasteiger charge is -2.55. The van der Waals surface area contributed by atoms with E-state index in [0.717, 1.165) is 56.9 Å². The molecule has 0 aromatic heterocycles. The van der Waals surface area contributed by atoms with Gasteiger partial charge in [-0.3, -0.25) is 9.59 Å². The van der Waals surface area contributed by atoms with Crippen LogP contribution >= 0.6 is 0 Å². The third kappa shape index (κ3) is 6.70. The molecule has 1 aromatic rings. The number of rotatable bonds is 7. The van der Waals surface area contributed by atoms with Crippen molar-refractivity contribution in [2.45, 2.75) is 129 Å². The number of hydrogen-bond acceptors (Lipinski definition) is 6. The molecule has 4 aliphatic rings. The second-order valence-electron chi connectivity index (χ2n) is 14.7. The zero-order valence-electron chi connectivity index (χ0n) is 26.4. The highest BCUT2D eigenvalue weighted by molar-refractivity contribution is 5.95. The standard InChI is InChI=1S/C34H49N3O6/c1-33(2,3)43-31(40)25-19-23-17-12-18-24-27(23)37(25)30(39)28(34(24,4)5)36-29(38)26(22-15-10-7-11-16-22)35-32(41)42-20-21-13-8-6-9-14-21/h6,8-9,13-14,22-28H,7,10-12,15-20H2,1-5H3,(H,35,41)(H,36,38)/t23-,24?,25-,26-,27+,28+/m0/s1. The number of amides is 3. The van der Waals surface area contributed by atoms with E-state index in [1.165, 1.54) is 0 Å². The van der Waals surface area contributed by atoms with Crippen molar-refractivity contribution >= 4 is 23.9 Å². The molecule has 2 aliphatic heterocycles. The summed E-state index contributed by atoms with van der Waals surface area (Å²) in [6.45, 7) is 9.75. The van der Waals surface area contributed by atoms with Crippen molar-refractivity contribution in [2.24, 2.45) is 23.2 Å². The number of alkyl carbamates (subject to hydrolysis) is 1. The van der Waals surface area contributed by atoms with Gasteiger partial charge in [0.25, 0.3) is 0 Å². The first-order chi connectivity index (χ1) is 20.4. The quantitative estimate of drug-likeness (QED) is 0.424. The summed E-state index contributed by atoms with van der Waals surface area (Å²) in [5.41, 5.74) is -0.332. The summed E-state index contributed by atoms with van der Waals surface area (Å²) >= 11 is 0. The van der Waals surface area contributed by atoms with E-state index in [-0.39, 0.29) is 48.2 Å². The second kappa shape index (κ2) is 12.5. The molecule has 6 atom stereocenters. The van der Waals surface area contributed by atoms with Crippen molar-refractivity contribution in [2.75, 3.05) is 0 Å². The third-order valence-electron chi connectivity index (χ3n) is 10.2. The molecule has 4 fully saturated rings.